The standard InChI is InChI=1S/C13H26O3/c1-2-3-4-5-6-7-8-9-12(15)10-13(16)11-14/h10,12,14-16H,2-9,11H2,1H3. The number of hydrogen-bond donors (Lipinski definition) is 3. The van der Waals surface area contributed by atoms with Gasteiger partial charge in [-0.05, 0) is 12.5 Å². The van der Waals surface area contributed by atoms with Gasteiger partial charge in [-0.1, -0.05) is 51.9 Å². The van der Waals surface area contributed by atoms with Gasteiger partial charge < -0.3 is 15.3 Å². The summed E-state index contributed by atoms with van der Waals surface area (Å²) in [6.07, 6.45) is 9.86. The third-order valence-corrected chi connectivity index (χ3v) is 2.65. The predicted octanol–water partition coefficient (Wildman–Crippen LogP) is 2.92. The van der Waals surface area contributed by atoms with Gasteiger partial charge in [-0.2, -0.15) is 0 Å². The van der Waals surface area contributed by atoms with Crippen LogP contribution in [0.1, 0.15) is 58.3 Å². The summed E-state index contributed by atoms with van der Waals surface area (Å²) in [5.74, 6) is -0.143. The maximum absolute atomic E-state index is 9.44. The first-order valence-corrected chi connectivity index (χ1v) is 6.39. The van der Waals surface area contributed by atoms with Gasteiger partial charge in [-0.3, -0.25) is 0 Å². The average molecular weight is 230 g/mol. The van der Waals surface area contributed by atoms with Crippen molar-refractivity contribution in [2.75, 3.05) is 6.61 Å². The Morgan fingerprint density at radius 3 is 2.19 bits per heavy atom. The molecule has 0 saturated carbocycles. The highest BCUT2D eigenvalue weighted by Crippen LogP contribution is 2.10. The smallest absolute Gasteiger partial charge is 0.116 e. The minimum Gasteiger partial charge on any atom is -0.510 e. The second-order valence-corrected chi connectivity index (χ2v) is 4.29. The number of rotatable bonds is 10. The van der Waals surface area contributed by atoms with Crippen LogP contribution in [0.15, 0.2) is 11.8 Å². The molecule has 0 spiro atoms. The zero-order valence-corrected chi connectivity index (χ0v) is 10.4. The molecule has 16 heavy (non-hydrogen) atoms. The van der Waals surface area contributed by atoms with Gasteiger partial charge in [-0.15, -0.1) is 0 Å². The molecule has 0 aromatic rings. The number of hydrogen-bond acceptors (Lipinski definition) is 3. The van der Waals surface area contributed by atoms with Crippen LogP contribution in [0.25, 0.3) is 0 Å². The molecular formula is C13H26O3. The largest absolute Gasteiger partial charge is 0.510 e. The predicted molar refractivity (Wildman–Crippen MR) is 66.4 cm³/mol. The van der Waals surface area contributed by atoms with Crippen LogP contribution in [0, 0.1) is 0 Å². The molecule has 0 amide bonds. The summed E-state index contributed by atoms with van der Waals surface area (Å²) in [6, 6.07) is 0. The molecule has 0 aliphatic heterocycles. The Bertz CT molecular complexity index is 178. The fourth-order valence-electron chi connectivity index (χ4n) is 1.67. The van der Waals surface area contributed by atoms with E-state index < -0.39 is 12.7 Å². The van der Waals surface area contributed by atoms with Crippen LogP contribution in [-0.4, -0.2) is 28.0 Å². The van der Waals surface area contributed by atoms with Crippen LogP contribution >= 0.6 is 0 Å². The highest BCUT2D eigenvalue weighted by Gasteiger charge is 2.01. The average Bonchev–Trinajstić information content (AvgIpc) is 2.27. The first kappa shape index (κ1) is 15.5. The third-order valence-electron chi connectivity index (χ3n) is 2.65. The van der Waals surface area contributed by atoms with Crippen LogP contribution < -0.4 is 0 Å². The van der Waals surface area contributed by atoms with Crippen molar-refractivity contribution < 1.29 is 15.3 Å². The fourth-order valence-corrected chi connectivity index (χ4v) is 1.67. The lowest BCUT2D eigenvalue weighted by Gasteiger charge is -2.06. The molecule has 0 aliphatic rings. The molecule has 0 saturated heterocycles. The Morgan fingerprint density at radius 1 is 1.06 bits per heavy atom. The summed E-state index contributed by atoms with van der Waals surface area (Å²) in [4.78, 5) is 0. The second kappa shape index (κ2) is 11.0. The molecule has 0 aromatic carbocycles. The van der Waals surface area contributed by atoms with Crippen molar-refractivity contribution >= 4 is 0 Å². The lowest BCUT2D eigenvalue weighted by Crippen LogP contribution is -2.04. The van der Waals surface area contributed by atoms with Crippen molar-refractivity contribution in [3.05, 3.63) is 11.8 Å². The molecule has 3 N–H and O–H groups in total. The molecule has 0 radical (unpaired) electrons. The summed E-state index contributed by atoms with van der Waals surface area (Å²) in [6.45, 7) is 1.81. The first-order chi connectivity index (χ1) is 7.70. The molecule has 3 heteroatoms. The quantitative estimate of drug-likeness (QED) is 0.399. The van der Waals surface area contributed by atoms with Gasteiger partial charge in [0.2, 0.25) is 0 Å². The van der Waals surface area contributed by atoms with Crippen LogP contribution in [0.5, 0.6) is 0 Å². The van der Waals surface area contributed by atoms with Gasteiger partial charge in [0.05, 0.1) is 12.7 Å². The number of aliphatic hydroxyl groups is 3. The Balaban J connectivity index is 3.31. The third kappa shape index (κ3) is 9.99. The van der Waals surface area contributed by atoms with E-state index in [9.17, 15) is 5.11 Å². The van der Waals surface area contributed by atoms with Crippen molar-refractivity contribution in [3.63, 3.8) is 0 Å². The van der Waals surface area contributed by atoms with Crippen molar-refractivity contribution in [2.24, 2.45) is 0 Å². The topological polar surface area (TPSA) is 60.7 Å². The monoisotopic (exact) mass is 230 g/mol. The van der Waals surface area contributed by atoms with Gasteiger partial charge in [0.1, 0.15) is 5.76 Å². The van der Waals surface area contributed by atoms with Gasteiger partial charge in [0, 0.05) is 0 Å². The summed E-state index contributed by atoms with van der Waals surface area (Å²) in [5, 5.41) is 27.0. The molecule has 0 aliphatic carbocycles. The van der Waals surface area contributed by atoms with E-state index in [0.29, 0.717) is 6.42 Å². The van der Waals surface area contributed by atoms with Crippen molar-refractivity contribution in [3.8, 4) is 0 Å². The van der Waals surface area contributed by atoms with E-state index in [1.54, 1.807) is 0 Å². The minimum absolute atomic E-state index is 0.143. The van der Waals surface area contributed by atoms with Gasteiger partial charge in [0.25, 0.3) is 0 Å². The molecule has 1 unspecified atom stereocenters. The molecule has 0 rings (SSSR count). The fraction of sp³-hybridized carbons (Fsp3) is 0.846. The van der Waals surface area contributed by atoms with Gasteiger partial charge in [0.15, 0.2) is 0 Å². The van der Waals surface area contributed by atoms with Gasteiger partial charge >= 0.3 is 0 Å². The van der Waals surface area contributed by atoms with Crippen molar-refractivity contribution in [2.45, 2.75) is 64.4 Å². The van der Waals surface area contributed by atoms with Crippen LogP contribution in [0.4, 0.5) is 0 Å². The Kier molecular flexibility index (Phi) is 10.6. The van der Waals surface area contributed by atoms with Crippen LogP contribution in [0.3, 0.4) is 0 Å². The van der Waals surface area contributed by atoms with E-state index in [0.717, 1.165) is 12.8 Å². The van der Waals surface area contributed by atoms with Crippen LogP contribution in [-0.2, 0) is 0 Å². The molecule has 0 fully saturated rings. The Morgan fingerprint density at radius 2 is 1.62 bits per heavy atom. The Hall–Kier alpha value is -0.540. The lowest BCUT2D eigenvalue weighted by molar-refractivity contribution is 0.192. The highest BCUT2D eigenvalue weighted by molar-refractivity contribution is 4.95. The van der Waals surface area contributed by atoms with Gasteiger partial charge in [-0.25, -0.2) is 0 Å². The molecule has 3 nitrogen and oxygen atoms in total. The summed E-state index contributed by atoms with van der Waals surface area (Å²) in [7, 11) is 0. The maximum Gasteiger partial charge on any atom is 0.116 e. The number of unbranched alkanes of at least 4 members (excludes halogenated alkanes) is 6. The first-order valence-electron chi connectivity index (χ1n) is 6.39. The summed E-state index contributed by atoms with van der Waals surface area (Å²) < 4.78 is 0. The van der Waals surface area contributed by atoms with E-state index in [1.807, 2.05) is 0 Å². The van der Waals surface area contributed by atoms with E-state index >= 15 is 0 Å². The molecule has 0 bridgehead atoms. The molecular weight excluding hydrogens is 204 g/mol. The normalized spacial score (nSPS) is 14.1. The lowest BCUT2D eigenvalue weighted by atomic mass is 10.1. The molecule has 0 aromatic heterocycles. The Labute approximate surface area is 98.8 Å². The number of aliphatic hydroxyl groups excluding tert-OH is 3. The second-order valence-electron chi connectivity index (χ2n) is 4.29. The summed E-state index contributed by atoms with van der Waals surface area (Å²) in [5.41, 5.74) is 0. The molecule has 96 valence electrons. The van der Waals surface area contributed by atoms with E-state index in [1.165, 1.54) is 38.2 Å². The maximum atomic E-state index is 9.44. The van der Waals surface area contributed by atoms with E-state index in [-0.39, 0.29) is 5.76 Å². The summed E-state index contributed by atoms with van der Waals surface area (Å²) >= 11 is 0. The SMILES string of the molecule is CCCCCCCCCC(O)C=C(O)CO. The van der Waals surface area contributed by atoms with Crippen molar-refractivity contribution in [1.82, 2.24) is 0 Å². The highest BCUT2D eigenvalue weighted by atomic mass is 16.3. The molecule has 0 heterocycles. The van der Waals surface area contributed by atoms with E-state index in [4.69, 9.17) is 10.2 Å². The zero-order chi connectivity index (χ0) is 12.2. The van der Waals surface area contributed by atoms with Crippen LogP contribution in [0.2, 0.25) is 0 Å². The van der Waals surface area contributed by atoms with Crippen molar-refractivity contribution in [1.29, 1.82) is 0 Å². The minimum atomic E-state index is -0.622. The molecule has 1 atom stereocenters. The zero-order valence-electron chi connectivity index (χ0n) is 10.4. The van der Waals surface area contributed by atoms with E-state index in [2.05, 4.69) is 6.92 Å².